The third-order valence-electron chi connectivity index (χ3n) is 5.18. The van der Waals surface area contributed by atoms with Crippen molar-refractivity contribution in [1.82, 2.24) is 15.0 Å². The molecule has 2 heterocycles. The van der Waals surface area contributed by atoms with E-state index in [1.807, 2.05) is 12.1 Å². The maximum absolute atomic E-state index is 11.0. The van der Waals surface area contributed by atoms with Gasteiger partial charge in [0.25, 0.3) is 5.69 Å². The van der Waals surface area contributed by atoms with Crippen molar-refractivity contribution in [2.24, 2.45) is 5.10 Å². The monoisotopic (exact) mass is 578 g/mol. The normalized spacial score (nSPS) is 11.8. The fourth-order valence-electron chi connectivity index (χ4n) is 3.33. The number of fused-ring (bicyclic) bond motifs is 1. The van der Waals surface area contributed by atoms with E-state index in [0.717, 1.165) is 15.7 Å². The molecule has 14 heteroatoms. The number of halogens is 1. The minimum atomic E-state index is -0.470. The highest BCUT2D eigenvalue weighted by Gasteiger charge is 2.15. The predicted molar refractivity (Wildman–Crippen MR) is 144 cm³/mol. The highest BCUT2D eigenvalue weighted by molar-refractivity contribution is 9.10. The van der Waals surface area contributed by atoms with Crippen LogP contribution in [0.1, 0.15) is 5.56 Å². The summed E-state index contributed by atoms with van der Waals surface area (Å²) in [5.41, 5.74) is 4.80. The first kappa shape index (κ1) is 24.7. The first-order valence-corrected chi connectivity index (χ1v) is 11.8. The molecule has 1 aliphatic rings. The number of ether oxygens (including phenoxy) is 3. The van der Waals surface area contributed by atoms with Gasteiger partial charge in [-0.3, -0.25) is 10.1 Å². The molecular formula is C24H19BrN8O5. The first-order chi connectivity index (χ1) is 18.5. The molecule has 0 bridgehead atoms. The molecule has 3 N–H and O–H groups in total. The van der Waals surface area contributed by atoms with E-state index in [-0.39, 0.29) is 30.3 Å². The maximum Gasteiger partial charge on any atom is 0.269 e. The van der Waals surface area contributed by atoms with Crippen molar-refractivity contribution in [2.75, 3.05) is 30.0 Å². The van der Waals surface area contributed by atoms with Gasteiger partial charge in [0.15, 0.2) is 11.5 Å². The highest BCUT2D eigenvalue weighted by Crippen LogP contribution is 2.36. The van der Waals surface area contributed by atoms with Crippen molar-refractivity contribution >= 4 is 57.1 Å². The van der Waals surface area contributed by atoms with E-state index in [2.05, 4.69) is 52.0 Å². The lowest BCUT2D eigenvalue weighted by Crippen LogP contribution is -2.07. The highest BCUT2D eigenvalue weighted by atomic mass is 79.9. The van der Waals surface area contributed by atoms with Crippen LogP contribution in [0.2, 0.25) is 0 Å². The Morgan fingerprint density at radius 1 is 0.947 bits per heavy atom. The van der Waals surface area contributed by atoms with Crippen LogP contribution in [-0.2, 0) is 0 Å². The second kappa shape index (κ2) is 11.0. The van der Waals surface area contributed by atoms with Crippen molar-refractivity contribution in [3.63, 3.8) is 0 Å². The molecule has 3 aromatic carbocycles. The SMILES string of the molecule is COc1ccc(Nc2nc(N/N=C\c3cc4c(cc3Br)OCO4)nc(Nc3ccc([N+](=O)[O-])cc3)n2)cc1. The van der Waals surface area contributed by atoms with Gasteiger partial charge in [-0.1, -0.05) is 0 Å². The van der Waals surface area contributed by atoms with E-state index in [1.165, 1.54) is 12.1 Å². The quantitative estimate of drug-likeness (QED) is 0.136. The molecule has 0 amide bonds. The molecule has 1 aromatic heterocycles. The van der Waals surface area contributed by atoms with E-state index in [0.29, 0.717) is 22.9 Å². The molecule has 0 aliphatic carbocycles. The fourth-order valence-corrected chi connectivity index (χ4v) is 3.75. The van der Waals surface area contributed by atoms with Crippen LogP contribution in [-0.4, -0.2) is 40.0 Å². The Bertz CT molecular complexity index is 1500. The van der Waals surface area contributed by atoms with Crippen LogP contribution in [0.5, 0.6) is 17.2 Å². The number of rotatable bonds is 9. The largest absolute Gasteiger partial charge is 0.497 e. The number of hydrazone groups is 1. The number of nitro groups is 1. The lowest BCUT2D eigenvalue weighted by Gasteiger charge is -2.10. The number of nitrogens with zero attached hydrogens (tertiary/aromatic N) is 5. The molecule has 0 saturated carbocycles. The summed E-state index contributed by atoms with van der Waals surface area (Å²) in [7, 11) is 1.59. The minimum absolute atomic E-state index is 0.0283. The number of non-ortho nitro benzene ring substituents is 1. The Morgan fingerprint density at radius 2 is 1.53 bits per heavy atom. The number of benzene rings is 3. The Labute approximate surface area is 224 Å². The van der Waals surface area contributed by atoms with Crippen molar-refractivity contribution in [3.8, 4) is 17.2 Å². The zero-order valence-electron chi connectivity index (χ0n) is 19.7. The molecule has 0 fully saturated rings. The molecule has 5 rings (SSSR count). The number of methoxy groups -OCH3 is 1. The topological polar surface area (TPSA) is 158 Å². The van der Waals surface area contributed by atoms with Crippen LogP contribution >= 0.6 is 15.9 Å². The summed E-state index contributed by atoms with van der Waals surface area (Å²) in [4.78, 5) is 23.6. The third kappa shape index (κ3) is 5.87. The molecule has 0 saturated heterocycles. The average Bonchev–Trinajstić information content (AvgIpc) is 3.36. The number of aromatic nitrogens is 3. The second-order valence-corrected chi connectivity index (χ2v) is 8.54. The molecule has 0 atom stereocenters. The van der Waals surface area contributed by atoms with Gasteiger partial charge in [0, 0.05) is 33.5 Å². The second-order valence-electron chi connectivity index (χ2n) is 7.69. The lowest BCUT2D eigenvalue weighted by atomic mass is 10.2. The molecule has 4 aromatic rings. The van der Waals surface area contributed by atoms with E-state index in [4.69, 9.17) is 14.2 Å². The van der Waals surface area contributed by atoms with Crippen LogP contribution in [0.3, 0.4) is 0 Å². The summed E-state index contributed by atoms with van der Waals surface area (Å²) in [5, 5.41) is 21.3. The number of anilines is 5. The van der Waals surface area contributed by atoms with Gasteiger partial charge in [0.05, 0.1) is 18.2 Å². The summed E-state index contributed by atoms with van der Waals surface area (Å²) in [6.45, 7) is 0.167. The Hall–Kier alpha value is -4.98. The number of hydrogen-bond donors (Lipinski definition) is 3. The van der Waals surface area contributed by atoms with E-state index in [1.54, 1.807) is 49.7 Å². The lowest BCUT2D eigenvalue weighted by molar-refractivity contribution is -0.384. The standard InChI is InChI=1S/C24H19BrN8O5/c1-36-18-8-4-16(5-9-18)28-23-29-22(27-15-2-6-17(7-3-15)33(34)35)30-24(31-23)32-26-12-14-10-20-21(11-19(14)25)38-13-37-20/h2-12H,13H2,1H3,(H3,27,28,29,30,31,32)/b26-12-. The van der Waals surface area contributed by atoms with Crippen molar-refractivity contribution in [2.45, 2.75) is 0 Å². The Balaban J connectivity index is 1.39. The number of nitro benzene ring substituents is 1. The summed E-state index contributed by atoms with van der Waals surface area (Å²) in [6.07, 6.45) is 1.58. The molecular weight excluding hydrogens is 560 g/mol. The molecule has 192 valence electrons. The van der Waals surface area contributed by atoms with Gasteiger partial charge in [0.2, 0.25) is 24.6 Å². The van der Waals surface area contributed by atoms with Crippen LogP contribution < -0.4 is 30.3 Å². The minimum Gasteiger partial charge on any atom is -0.497 e. The zero-order chi connectivity index (χ0) is 26.5. The Morgan fingerprint density at radius 3 is 2.13 bits per heavy atom. The molecule has 1 aliphatic heterocycles. The van der Waals surface area contributed by atoms with Crippen LogP contribution in [0.4, 0.5) is 34.9 Å². The third-order valence-corrected chi connectivity index (χ3v) is 5.86. The van der Waals surface area contributed by atoms with Gasteiger partial charge in [-0.15, -0.1) is 0 Å². The summed E-state index contributed by atoms with van der Waals surface area (Å²) in [5.74, 6) is 2.54. The number of nitrogens with one attached hydrogen (secondary N) is 3. The van der Waals surface area contributed by atoms with Gasteiger partial charge in [0.1, 0.15) is 5.75 Å². The van der Waals surface area contributed by atoms with Crippen LogP contribution in [0.15, 0.2) is 70.2 Å². The summed E-state index contributed by atoms with van der Waals surface area (Å²) in [6, 6.07) is 16.7. The van der Waals surface area contributed by atoms with Crippen molar-refractivity contribution in [1.29, 1.82) is 0 Å². The van der Waals surface area contributed by atoms with Gasteiger partial charge in [-0.05, 0) is 64.5 Å². The summed E-state index contributed by atoms with van der Waals surface area (Å²) >= 11 is 3.49. The van der Waals surface area contributed by atoms with Crippen LogP contribution in [0, 0.1) is 10.1 Å². The van der Waals surface area contributed by atoms with Crippen LogP contribution in [0.25, 0.3) is 0 Å². The molecule has 0 unspecified atom stereocenters. The van der Waals surface area contributed by atoms with E-state index >= 15 is 0 Å². The first-order valence-electron chi connectivity index (χ1n) is 11.0. The fraction of sp³-hybridized carbons (Fsp3) is 0.0833. The predicted octanol–water partition coefficient (Wildman–Crippen LogP) is 5.21. The number of hydrogen-bond acceptors (Lipinski definition) is 12. The molecule has 38 heavy (non-hydrogen) atoms. The van der Waals surface area contributed by atoms with Gasteiger partial charge in [-0.2, -0.15) is 20.1 Å². The summed E-state index contributed by atoms with van der Waals surface area (Å²) < 4.78 is 16.8. The van der Waals surface area contributed by atoms with Crippen molar-refractivity contribution < 1.29 is 19.1 Å². The Kier molecular flexibility index (Phi) is 7.13. The molecule has 0 radical (unpaired) electrons. The average molecular weight is 579 g/mol. The van der Waals surface area contributed by atoms with E-state index in [9.17, 15) is 10.1 Å². The van der Waals surface area contributed by atoms with Gasteiger partial charge in [-0.25, -0.2) is 5.43 Å². The smallest absolute Gasteiger partial charge is 0.269 e. The van der Waals surface area contributed by atoms with Gasteiger partial charge < -0.3 is 24.8 Å². The molecule has 13 nitrogen and oxygen atoms in total. The van der Waals surface area contributed by atoms with Gasteiger partial charge >= 0.3 is 0 Å². The van der Waals surface area contributed by atoms with E-state index < -0.39 is 4.92 Å². The maximum atomic E-state index is 11.0. The zero-order valence-corrected chi connectivity index (χ0v) is 21.3. The molecule has 0 spiro atoms. The van der Waals surface area contributed by atoms with Crippen molar-refractivity contribution in [3.05, 3.63) is 80.8 Å².